The molecule has 0 saturated carbocycles. The number of carbonyl (C=O) groups excluding carboxylic acids is 2. The van der Waals surface area contributed by atoms with E-state index in [-0.39, 0.29) is 29.2 Å². The van der Waals surface area contributed by atoms with Crippen LogP contribution in [-0.2, 0) is 22.6 Å². The minimum atomic E-state index is -0.252. The van der Waals surface area contributed by atoms with Gasteiger partial charge >= 0.3 is 12.0 Å². The lowest BCUT2D eigenvalue weighted by atomic mass is 10.2. The van der Waals surface area contributed by atoms with E-state index in [0.29, 0.717) is 18.8 Å². The Morgan fingerprint density at radius 3 is 1.91 bits per heavy atom. The zero-order chi connectivity index (χ0) is 23.8. The third kappa shape index (κ3) is 6.15. The second-order valence-electron chi connectivity index (χ2n) is 7.99. The number of benzene rings is 3. The minimum Gasteiger partial charge on any atom is -0.468 e. The van der Waals surface area contributed by atoms with E-state index in [2.05, 4.69) is 24.3 Å². The Morgan fingerprint density at radius 2 is 1.35 bits per heavy atom. The highest BCUT2D eigenvalue weighted by Crippen LogP contribution is 2.38. The van der Waals surface area contributed by atoms with Gasteiger partial charge in [0.15, 0.2) is 0 Å². The predicted octanol–water partition coefficient (Wildman–Crippen LogP) is 5.52. The maximum Gasteiger partial charge on any atom is 0.321 e. The molecule has 0 aliphatic carbocycles. The van der Waals surface area contributed by atoms with Gasteiger partial charge < -0.3 is 14.5 Å². The van der Waals surface area contributed by atoms with Crippen LogP contribution in [0.3, 0.4) is 0 Å². The number of esters is 1. The van der Waals surface area contributed by atoms with Crippen LogP contribution in [-0.4, -0.2) is 51.8 Å². The van der Waals surface area contributed by atoms with Gasteiger partial charge in [0.25, 0.3) is 0 Å². The molecule has 1 unspecified atom stereocenters. The molecule has 3 aromatic carbocycles. The highest BCUT2D eigenvalue weighted by Gasteiger charge is 2.46. The summed E-state index contributed by atoms with van der Waals surface area (Å²) in [4.78, 5) is 30.6. The fourth-order valence-corrected chi connectivity index (χ4v) is 6.37. The molecule has 0 bridgehead atoms. The molecule has 0 radical (unpaired) electrons. The zero-order valence-corrected chi connectivity index (χ0v) is 20.7. The second-order valence-corrected chi connectivity index (χ2v) is 10.2. The molecule has 5 nitrogen and oxygen atoms in total. The number of amides is 2. The van der Waals surface area contributed by atoms with Crippen molar-refractivity contribution in [2.45, 2.75) is 29.4 Å². The summed E-state index contributed by atoms with van der Waals surface area (Å²) in [7, 11) is 1.40. The highest BCUT2D eigenvalue weighted by atomic mass is 32.2. The van der Waals surface area contributed by atoms with Crippen LogP contribution in [0.5, 0.6) is 0 Å². The molecule has 1 fully saturated rings. The predicted molar refractivity (Wildman–Crippen MR) is 139 cm³/mol. The van der Waals surface area contributed by atoms with Gasteiger partial charge in [-0.1, -0.05) is 90.6 Å². The van der Waals surface area contributed by atoms with Gasteiger partial charge in [0.05, 0.1) is 18.9 Å². The molecule has 2 amide bonds. The average molecular weight is 493 g/mol. The van der Waals surface area contributed by atoms with Gasteiger partial charge in [-0.05, 0) is 23.3 Å². The van der Waals surface area contributed by atoms with Crippen molar-refractivity contribution in [2.75, 3.05) is 18.6 Å². The van der Waals surface area contributed by atoms with Crippen molar-refractivity contribution < 1.29 is 14.3 Å². The number of ether oxygens (including phenoxy) is 1. The summed E-state index contributed by atoms with van der Waals surface area (Å²) in [6.07, 6.45) is 0. The summed E-state index contributed by atoms with van der Waals surface area (Å²) >= 11 is 3.22. The highest BCUT2D eigenvalue weighted by molar-refractivity contribution is 8.00. The summed E-state index contributed by atoms with van der Waals surface area (Å²) < 4.78 is 4.83. The fraction of sp³-hybridized carbons (Fsp3) is 0.259. The van der Waals surface area contributed by atoms with E-state index in [1.807, 2.05) is 76.5 Å². The summed E-state index contributed by atoms with van der Waals surface area (Å²) in [5.41, 5.74) is 2.18. The smallest absolute Gasteiger partial charge is 0.321 e. The van der Waals surface area contributed by atoms with Gasteiger partial charge in [-0.3, -0.25) is 4.79 Å². The van der Waals surface area contributed by atoms with Crippen molar-refractivity contribution in [2.24, 2.45) is 0 Å². The first-order valence-corrected chi connectivity index (χ1v) is 13.2. The first kappa shape index (κ1) is 24.2. The maximum absolute atomic E-state index is 13.8. The number of methoxy groups -OCH3 is 1. The number of nitrogens with zero attached hydrogens (tertiary/aromatic N) is 2. The van der Waals surface area contributed by atoms with Crippen molar-refractivity contribution in [3.8, 4) is 0 Å². The van der Waals surface area contributed by atoms with Crippen molar-refractivity contribution >= 4 is 35.5 Å². The van der Waals surface area contributed by atoms with Gasteiger partial charge in [-0.2, -0.15) is 0 Å². The molecule has 3 aromatic rings. The van der Waals surface area contributed by atoms with Crippen LogP contribution in [0.2, 0.25) is 0 Å². The Balaban J connectivity index is 1.64. The van der Waals surface area contributed by atoms with Gasteiger partial charge in [0.1, 0.15) is 5.37 Å². The lowest BCUT2D eigenvalue weighted by molar-refractivity contribution is -0.137. The Morgan fingerprint density at radius 1 is 0.824 bits per heavy atom. The number of carbonyl (C=O) groups is 2. The molecule has 34 heavy (non-hydrogen) atoms. The topological polar surface area (TPSA) is 49.9 Å². The Hall–Kier alpha value is -2.90. The van der Waals surface area contributed by atoms with E-state index < -0.39 is 0 Å². The molecule has 7 heteroatoms. The number of rotatable bonds is 10. The molecular formula is C27H28N2O3S2. The molecule has 1 aliphatic heterocycles. The van der Waals surface area contributed by atoms with Crippen LogP contribution >= 0.6 is 23.5 Å². The largest absolute Gasteiger partial charge is 0.468 e. The Labute approximate surface area is 209 Å². The molecule has 1 aliphatic rings. The third-order valence-corrected chi connectivity index (χ3v) is 8.03. The summed E-state index contributed by atoms with van der Waals surface area (Å²) in [5.74, 6) is 0.656. The van der Waals surface area contributed by atoms with Gasteiger partial charge in [-0.15, -0.1) is 11.8 Å². The zero-order valence-electron chi connectivity index (χ0n) is 19.1. The second kappa shape index (κ2) is 12.0. The maximum atomic E-state index is 13.8. The van der Waals surface area contributed by atoms with Crippen LogP contribution < -0.4 is 0 Å². The van der Waals surface area contributed by atoms with Crippen LogP contribution in [0, 0.1) is 0 Å². The van der Waals surface area contributed by atoms with E-state index in [1.54, 1.807) is 11.8 Å². The van der Waals surface area contributed by atoms with Crippen molar-refractivity contribution in [1.29, 1.82) is 0 Å². The van der Waals surface area contributed by atoms with E-state index >= 15 is 0 Å². The lowest BCUT2D eigenvalue weighted by Gasteiger charge is -2.27. The van der Waals surface area contributed by atoms with Crippen LogP contribution in [0.1, 0.15) is 11.1 Å². The minimum absolute atomic E-state index is 0.0183. The van der Waals surface area contributed by atoms with E-state index in [1.165, 1.54) is 18.9 Å². The molecule has 1 saturated heterocycles. The van der Waals surface area contributed by atoms with Crippen LogP contribution in [0.25, 0.3) is 0 Å². The van der Waals surface area contributed by atoms with Crippen molar-refractivity contribution in [1.82, 2.24) is 9.80 Å². The van der Waals surface area contributed by atoms with Crippen LogP contribution in [0.15, 0.2) is 95.9 Å². The first-order valence-electron chi connectivity index (χ1n) is 11.2. The molecule has 2 atom stereocenters. The number of hydrogen-bond acceptors (Lipinski definition) is 5. The summed E-state index contributed by atoms with van der Waals surface area (Å²) in [5, 5.41) is -0.0936. The average Bonchev–Trinajstić information content (AvgIpc) is 3.11. The molecule has 0 spiro atoms. The van der Waals surface area contributed by atoms with Gasteiger partial charge in [0, 0.05) is 23.7 Å². The number of urea groups is 1. The molecule has 1 heterocycles. The van der Waals surface area contributed by atoms with E-state index in [4.69, 9.17) is 4.74 Å². The normalized spacial score (nSPS) is 17.7. The van der Waals surface area contributed by atoms with Gasteiger partial charge in [-0.25, -0.2) is 4.79 Å². The molecule has 0 aromatic heterocycles. The SMILES string of the molecule is COC(=O)CSC[C@H]1C(Sc2ccccc2)N(Cc2ccccc2)C(=O)N1Cc1ccccc1. The third-order valence-electron chi connectivity index (χ3n) is 5.66. The first-order chi connectivity index (χ1) is 16.7. The monoisotopic (exact) mass is 492 g/mol. The van der Waals surface area contributed by atoms with E-state index in [9.17, 15) is 9.59 Å². The fourth-order valence-electron chi connectivity index (χ4n) is 3.95. The molecule has 0 N–H and O–H groups in total. The molecule has 4 rings (SSSR count). The summed E-state index contributed by atoms with van der Waals surface area (Å²) in [6, 6.07) is 30.3. The number of hydrogen-bond donors (Lipinski definition) is 0. The standard InChI is InChI=1S/C27H28N2O3S2/c1-32-25(30)20-33-19-24-26(34-23-15-9-4-10-16-23)29(18-22-13-7-3-8-14-22)27(31)28(24)17-21-11-5-2-6-12-21/h2-16,24,26H,17-20H2,1H3/t24-,26?/m0/s1. The number of thioether (sulfide) groups is 2. The van der Waals surface area contributed by atoms with Crippen molar-refractivity contribution in [3.05, 3.63) is 102 Å². The Bertz CT molecular complexity index is 1070. The van der Waals surface area contributed by atoms with Crippen LogP contribution in [0.4, 0.5) is 4.79 Å². The van der Waals surface area contributed by atoms with Crippen molar-refractivity contribution in [3.63, 3.8) is 0 Å². The molecular weight excluding hydrogens is 464 g/mol. The quantitative estimate of drug-likeness (QED) is 0.349. The lowest BCUT2D eigenvalue weighted by Crippen LogP contribution is -2.37. The molecule has 176 valence electrons. The van der Waals surface area contributed by atoms with Gasteiger partial charge in [0.2, 0.25) is 0 Å². The summed E-state index contributed by atoms with van der Waals surface area (Å²) in [6.45, 7) is 1.06. The van der Waals surface area contributed by atoms with E-state index in [0.717, 1.165) is 16.0 Å². The Kier molecular flexibility index (Phi) is 8.55.